The second kappa shape index (κ2) is 6.03. The molecule has 1 rings (SSSR count). The van der Waals surface area contributed by atoms with Gasteiger partial charge in [-0.25, -0.2) is 0 Å². The molecule has 0 fully saturated rings. The molecule has 0 bridgehead atoms. The molecule has 1 atom stereocenters. The first kappa shape index (κ1) is 14.0. The van der Waals surface area contributed by atoms with Crippen LogP contribution in [-0.4, -0.2) is 23.1 Å². The summed E-state index contributed by atoms with van der Waals surface area (Å²) in [6.07, 6.45) is 4.51. The van der Waals surface area contributed by atoms with Gasteiger partial charge in [0, 0.05) is 12.6 Å². The number of rotatable bonds is 5. The Kier molecular flexibility index (Phi) is 4.69. The highest BCUT2D eigenvalue weighted by Crippen LogP contribution is 2.30. The normalized spacial score (nSPS) is 11.7. The third-order valence-electron chi connectivity index (χ3n) is 2.68. The first-order chi connectivity index (χ1) is 8.51. The van der Waals surface area contributed by atoms with Crippen LogP contribution >= 0.6 is 0 Å². The van der Waals surface area contributed by atoms with Crippen molar-refractivity contribution in [3.63, 3.8) is 0 Å². The number of aliphatic hydroxyl groups excluding tert-OH is 1. The number of aliphatic hydroxyl groups is 1. The highest BCUT2D eigenvalue weighted by atomic mass is 16.6. The SMILES string of the molecule is C#CCN(CC)c1ccc([C@H](C)O)cc1[N+](=O)[O-]. The van der Waals surface area contributed by atoms with Crippen LogP contribution in [-0.2, 0) is 0 Å². The van der Waals surface area contributed by atoms with E-state index in [1.807, 2.05) is 6.92 Å². The molecule has 1 N–H and O–H groups in total. The molecular formula is C13H16N2O3. The first-order valence-corrected chi connectivity index (χ1v) is 5.66. The zero-order chi connectivity index (χ0) is 13.7. The number of nitro groups is 1. The van der Waals surface area contributed by atoms with Gasteiger partial charge in [0.25, 0.3) is 5.69 Å². The fourth-order valence-electron chi connectivity index (χ4n) is 1.69. The Hall–Kier alpha value is -2.06. The predicted molar refractivity (Wildman–Crippen MR) is 70.5 cm³/mol. The Morgan fingerprint density at radius 1 is 1.61 bits per heavy atom. The van der Waals surface area contributed by atoms with E-state index in [0.717, 1.165) is 0 Å². The third kappa shape index (κ3) is 2.99. The molecule has 0 aliphatic rings. The van der Waals surface area contributed by atoms with Gasteiger partial charge in [-0.2, -0.15) is 0 Å². The van der Waals surface area contributed by atoms with Crippen molar-refractivity contribution < 1.29 is 10.0 Å². The van der Waals surface area contributed by atoms with Crippen molar-refractivity contribution in [2.24, 2.45) is 0 Å². The number of hydrogen-bond donors (Lipinski definition) is 1. The Morgan fingerprint density at radius 3 is 2.72 bits per heavy atom. The van der Waals surface area contributed by atoms with Gasteiger partial charge in [0.15, 0.2) is 0 Å². The standard InChI is InChI=1S/C13H16N2O3/c1-4-8-14(5-2)12-7-6-11(10(3)16)9-13(12)15(17)18/h1,6-7,9-10,16H,5,8H2,2-3H3/t10-/m0/s1. The minimum atomic E-state index is -0.736. The lowest BCUT2D eigenvalue weighted by molar-refractivity contribution is -0.384. The second-order valence-corrected chi connectivity index (χ2v) is 3.90. The number of anilines is 1. The molecule has 0 heterocycles. The quantitative estimate of drug-likeness (QED) is 0.492. The molecule has 0 radical (unpaired) electrons. The van der Waals surface area contributed by atoms with Crippen LogP contribution in [0, 0.1) is 22.5 Å². The Bertz CT molecular complexity index is 478. The summed E-state index contributed by atoms with van der Waals surface area (Å²) >= 11 is 0. The fraction of sp³-hybridized carbons (Fsp3) is 0.385. The molecule has 0 aliphatic heterocycles. The topological polar surface area (TPSA) is 66.6 Å². The van der Waals surface area contributed by atoms with Crippen LogP contribution in [0.15, 0.2) is 18.2 Å². The maximum atomic E-state index is 11.1. The molecule has 0 saturated carbocycles. The van der Waals surface area contributed by atoms with E-state index < -0.39 is 11.0 Å². The molecule has 0 unspecified atom stereocenters. The van der Waals surface area contributed by atoms with Crippen LogP contribution in [0.3, 0.4) is 0 Å². The molecule has 1 aromatic rings. The summed E-state index contributed by atoms with van der Waals surface area (Å²) < 4.78 is 0. The molecule has 1 aromatic carbocycles. The van der Waals surface area contributed by atoms with E-state index in [-0.39, 0.29) is 5.69 Å². The zero-order valence-electron chi connectivity index (χ0n) is 10.5. The van der Waals surface area contributed by atoms with Crippen molar-refractivity contribution in [2.75, 3.05) is 18.0 Å². The minimum Gasteiger partial charge on any atom is -0.389 e. The Morgan fingerprint density at radius 2 is 2.28 bits per heavy atom. The van der Waals surface area contributed by atoms with Gasteiger partial charge in [0.1, 0.15) is 5.69 Å². The molecular weight excluding hydrogens is 232 g/mol. The van der Waals surface area contributed by atoms with E-state index in [2.05, 4.69) is 5.92 Å². The van der Waals surface area contributed by atoms with E-state index in [4.69, 9.17) is 6.42 Å². The monoisotopic (exact) mass is 248 g/mol. The zero-order valence-corrected chi connectivity index (χ0v) is 10.5. The van der Waals surface area contributed by atoms with Gasteiger partial charge < -0.3 is 10.0 Å². The number of hydrogen-bond acceptors (Lipinski definition) is 4. The number of nitro benzene ring substituents is 1. The highest BCUT2D eigenvalue weighted by molar-refractivity contribution is 5.65. The summed E-state index contributed by atoms with van der Waals surface area (Å²) in [4.78, 5) is 12.3. The van der Waals surface area contributed by atoms with Gasteiger partial charge in [0.05, 0.1) is 17.6 Å². The molecule has 0 amide bonds. The van der Waals surface area contributed by atoms with E-state index in [0.29, 0.717) is 24.3 Å². The van der Waals surface area contributed by atoms with Crippen LogP contribution in [0.4, 0.5) is 11.4 Å². The lowest BCUT2D eigenvalue weighted by atomic mass is 10.1. The van der Waals surface area contributed by atoms with E-state index in [9.17, 15) is 15.2 Å². The van der Waals surface area contributed by atoms with Crippen LogP contribution in [0.2, 0.25) is 0 Å². The van der Waals surface area contributed by atoms with Gasteiger partial charge in [-0.15, -0.1) is 6.42 Å². The van der Waals surface area contributed by atoms with Gasteiger partial charge in [-0.3, -0.25) is 10.1 Å². The van der Waals surface area contributed by atoms with Crippen molar-refractivity contribution in [1.82, 2.24) is 0 Å². The Balaban J connectivity index is 3.27. The van der Waals surface area contributed by atoms with Gasteiger partial charge in [0.2, 0.25) is 0 Å². The van der Waals surface area contributed by atoms with E-state index >= 15 is 0 Å². The summed E-state index contributed by atoms with van der Waals surface area (Å²) in [5.41, 5.74) is 0.956. The number of benzene rings is 1. The highest BCUT2D eigenvalue weighted by Gasteiger charge is 2.19. The molecule has 18 heavy (non-hydrogen) atoms. The fourth-order valence-corrected chi connectivity index (χ4v) is 1.69. The predicted octanol–water partition coefficient (Wildman–Crippen LogP) is 2.11. The summed E-state index contributed by atoms with van der Waals surface area (Å²) in [5.74, 6) is 2.47. The number of terminal acetylenes is 1. The van der Waals surface area contributed by atoms with E-state index in [1.54, 1.807) is 24.0 Å². The molecule has 5 heteroatoms. The van der Waals surface area contributed by atoms with Crippen LogP contribution in [0.5, 0.6) is 0 Å². The Labute approximate surface area is 106 Å². The van der Waals surface area contributed by atoms with Crippen molar-refractivity contribution >= 4 is 11.4 Å². The average Bonchev–Trinajstić information content (AvgIpc) is 2.35. The number of nitrogens with zero attached hydrogens (tertiary/aromatic N) is 2. The van der Waals surface area contributed by atoms with Gasteiger partial charge in [-0.05, 0) is 25.5 Å². The molecule has 0 aromatic heterocycles. The lowest BCUT2D eigenvalue weighted by Gasteiger charge is -2.20. The van der Waals surface area contributed by atoms with Crippen molar-refractivity contribution in [3.8, 4) is 12.3 Å². The van der Waals surface area contributed by atoms with Crippen LogP contribution in [0.25, 0.3) is 0 Å². The maximum absolute atomic E-state index is 11.1. The molecule has 0 spiro atoms. The summed E-state index contributed by atoms with van der Waals surface area (Å²) in [6, 6.07) is 4.69. The summed E-state index contributed by atoms with van der Waals surface area (Å²) in [5, 5.41) is 20.5. The van der Waals surface area contributed by atoms with Crippen LogP contribution in [0.1, 0.15) is 25.5 Å². The summed E-state index contributed by atoms with van der Waals surface area (Å²) in [7, 11) is 0. The summed E-state index contributed by atoms with van der Waals surface area (Å²) in [6.45, 7) is 4.34. The second-order valence-electron chi connectivity index (χ2n) is 3.90. The largest absolute Gasteiger partial charge is 0.389 e. The maximum Gasteiger partial charge on any atom is 0.292 e. The van der Waals surface area contributed by atoms with Crippen molar-refractivity contribution in [2.45, 2.75) is 20.0 Å². The lowest BCUT2D eigenvalue weighted by Crippen LogP contribution is -2.23. The van der Waals surface area contributed by atoms with E-state index in [1.165, 1.54) is 6.07 Å². The molecule has 5 nitrogen and oxygen atoms in total. The van der Waals surface area contributed by atoms with Gasteiger partial charge in [-0.1, -0.05) is 12.0 Å². The molecule has 0 saturated heterocycles. The third-order valence-corrected chi connectivity index (χ3v) is 2.68. The smallest absolute Gasteiger partial charge is 0.292 e. The van der Waals surface area contributed by atoms with Crippen molar-refractivity contribution in [1.29, 1.82) is 0 Å². The first-order valence-electron chi connectivity index (χ1n) is 5.66. The average molecular weight is 248 g/mol. The molecule has 96 valence electrons. The minimum absolute atomic E-state index is 0.0366. The van der Waals surface area contributed by atoms with Crippen LogP contribution < -0.4 is 4.90 Å². The van der Waals surface area contributed by atoms with Crippen molar-refractivity contribution in [3.05, 3.63) is 33.9 Å². The van der Waals surface area contributed by atoms with Gasteiger partial charge >= 0.3 is 0 Å². The molecule has 0 aliphatic carbocycles.